The molecule has 1 amide bonds. The van der Waals surface area contributed by atoms with Crippen molar-refractivity contribution < 1.29 is 9.18 Å². The lowest BCUT2D eigenvalue weighted by Gasteiger charge is -2.08. The van der Waals surface area contributed by atoms with Crippen molar-refractivity contribution in [2.45, 2.75) is 19.9 Å². The number of hydrogen-bond acceptors (Lipinski definition) is 3. The number of aromatic nitrogens is 1. The largest absolute Gasteiger partial charge is 0.347 e. The number of hydrogen-bond donors (Lipinski definition) is 1. The van der Waals surface area contributed by atoms with E-state index in [1.165, 1.54) is 11.5 Å². The lowest BCUT2D eigenvalue weighted by molar-refractivity contribution is 0.0934. The van der Waals surface area contributed by atoms with Crippen LogP contribution in [0.4, 0.5) is 4.39 Å². The first-order valence-corrected chi connectivity index (χ1v) is 4.76. The van der Waals surface area contributed by atoms with Crippen molar-refractivity contribution in [3.63, 3.8) is 0 Å². The Morgan fingerprint density at radius 3 is 3.00 bits per heavy atom. The zero-order valence-corrected chi connectivity index (χ0v) is 8.32. The van der Waals surface area contributed by atoms with Crippen molar-refractivity contribution in [2.75, 3.05) is 6.67 Å². The molecule has 3 nitrogen and oxygen atoms in total. The van der Waals surface area contributed by atoms with Crippen LogP contribution in [0.2, 0.25) is 0 Å². The number of nitrogens with one attached hydrogen (secondary N) is 1. The van der Waals surface area contributed by atoms with Gasteiger partial charge in [0.2, 0.25) is 0 Å². The van der Waals surface area contributed by atoms with E-state index < -0.39 is 12.7 Å². The fourth-order valence-electron chi connectivity index (χ4n) is 0.851. The zero-order valence-electron chi connectivity index (χ0n) is 7.50. The molecule has 1 N–H and O–H groups in total. The van der Waals surface area contributed by atoms with E-state index in [0.29, 0.717) is 11.3 Å². The van der Waals surface area contributed by atoms with Crippen LogP contribution in [-0.2, 0) is 0 Å². The highest BCUT2D eigenvalue weighted by atomic mass is 32.1. The second-order valence-corrected chi connectivity index (χ2v) is 3.47. The van der Waals surface area contributed by atoms with Crippen LogP contribution in [-0.4, -0.2) is 23.0 Å². The van der Waals surface area contributed by atoms with Crippen molar-refractivity contribution in [1.82, 2.24) is 9.69 Å². The molecule has 1 unspecified atom stereocenters. The van der Waals surface area contributed by atoms with Gasteiger partial charge in [0.15, 0.2) is 0 Å². The number of aryl methyl sites for hydroxylation is 1. The Morgan fingerprint density at radius 1 is 1.85 bits per heavy atom. The molecule has 0 bridgehead atoms. The number of carbonyl (C=O) groups is 1. The third-order valence-electron chi connectivity index (χ3n) is 1.60. The number of nitrogens with zero attached hydrogens (tertiary/aromatic N) is 1. The van der Waals surface area contributed by atoms with Crippen LogP contribution < -0.4 is 5.32 Å². The van der Waals surface area contributed by atoms with Gasteiger partial charge in [-0.1, -0.05) is 0 Å². The SMILES string of the molecule is Cc1nscc1C(=O)NC(C)CF. The van der Waals surface area contributed by atoms with Crippen LogP contribution in [0.5, 0.6) is 0 Å². The third kappa shape index (κ3) is 2.48. The van der Waals surface area contributed by atoms with E-state index in [-0.39, 0.29) is 5.91 Å². The maximum Gasteiger partial charge on any atom is 0.254 e. The smallest absolute Gasteiger partial charge is 0.254 e. The van der Waals surface area contributed by atoms with Gasteiger partial charge in [0.25, 0.3) is 5.91 Å². The predicted octanol–water partition coefficient (Wildman–Crippen LogP) is 1.54. The van der Waals surface area contributed by atoms with E-state index in [1.54, 1.807) is 19.2 Å². The van der Waals surface area contributed by atoms with Crippen LogP contribution in [0.15, 0.2) is 5.38 Å². The fraction of sp³-hybridized carbons (Fsp3) is 0.500. The molecule has 0 aromatic carbocycles. The number of alkyl halides is 1. The summed E-state index contributed by atoms with van der Waals surface area (Å²) in [4.78, 5) is 11.4. The van der Waals surface area contributed by atoms with Gasteiger partial charge in [0, 0.05) is 5.38 Å². The summed E-state index contributed by atoms with van der Waals surface area (Å²) in [6, 6.07) is -0.438. The zero-order chi connectivity index (χ0) is 9.84. The number of halogens is 1. The average Bonchev–Trinajstić information content (AvgIpc) is 2.51. The first-order valence-electron chi connectivity index (χ1n) is 3.93. The summed E-state index contributed by atoms with van der Waals surface area (Å²) in [7, 11) is 0. The van der Waals surface area contributed by atoms with Crippen molar-refractivity contribution in [3.05, 3.63) is 16.6 Å². The van der Waals surface area contributed by atoms with Crippen LogP contribution in [0, 0.1) is 6.92 Å². The molecule has 1 atom stereocenters. The first kappa shape index (κ1) is 10.1. The van der Waals surface area contributed by atoms with Crippen molar-refractivity contribution >= 4 is 17.4 Å². The molecule has 0 radical (unpaired) electrons. The van der Waals surface area contributed by atoms with Crippen LogP contribution >= 0.6 is 11.5 Å². The van der Waals surface area contributed by atoms with Crippen LogP contribution in [0.3, 0.4) is 0 Å². The molecule has 72 valence electrons. The van der Waals surface area contributed by atoms with Crippen LogP contribution in [0.25, 0.3) is 0 Å². The van der Waals surface area contributed by atoms with Crippen molar-refractivity contribution in [3.8, 4) is 0 Å². The van der Waals surface area contributed by atoms with Gasteiger partial charge in [0.1, 0.15) is 6.67 Å². The predicted molar refractivity (Wildman–Crippen MR) is 49.8 cm³/mol. The van der Waals surface area contributed by atoms with E-state index in [0.717, 1.165) is 0 Å². The van der Waals surface area contributed by atoms with E-state index >= 15 is 0 Å². The van der Waals surface area contributed by atoms with Gasteiger partial charge in [-0.3, -0.25) is 4.79 Å². The van der Waals surface area contributed by atoms with Gasteiger partial charge in [-0.2, -0.15) is 4.37 Å². The van der Waals surface area contributed by atoms with Gasteiger partial charge in [-0.15, -0.1) is 0 Å². The Labute approximate surface area is 80.1 Å². The molecule has 0 spiro atoms. The van der Waals surface area contributed by atoms with Gasteiger partial charge < -0.3 is 5.32 Å². The Hall–Kier alpha value is -0.970. The molecule has 1 heterocycles. The molecule has 1 aromatic heterocycles. The summed E-state index contributed by atoms with van der Waals surface area (Å²) < 4.78 is 16.0. The summed E-state index contributed by atoms with van der Waals surface area (Å²) in [6.45, 7) is 2.82. The standard InChI is InChI=1S/C8H11FN2OS/c1-5(3-9)10-8(12)7-4-13-11-6(7)2/h4-5H,3H2,1-2H3,(H,10,12). The summed E-state index contributed by atoms with van der Waals surface area (Å²) in [5, 5.41) is 4.19. The Bertz CT molecular complexity index is 300. The molecular formula is C8H11FN2OS. The quantitative estimate of drug-likeness (QED) is 0.807. The summed E-state index contributed by atoms with van der Waals surface area (Å²) in [6.07, 6.45) is 0. The number of rotatable bonds is 3. The molecule has 0 fully saturated rings. The minimum absolute atomic E-state index is 0.253. The van der Waals surface area contributed by atoms with Crippen LogP contribution in [0.1, 0.15) is 23.0 Å². The molecule has 13 heavy (non-hydrogen) atoms. The van der Waals surface area contributed by atoms with Gasteiger partial charge in [0.05, 0.1) is 17.3 Å². The van der Waals surface area contributed by atoms with Gasteiger partial charge in [-0.25, -0.2) is 4.39 Å². The van der Waals surface area contributed by atoms with E-state index in [1.807, 2.05) is 0 Å². The Morgan fingerprint density at radius 2 is 2.54 bits per heavy atom. The molecule has 0 aliphatic heterocycles. The summed E-state index contributed by atoms with van der Waals surface area (Å²) in [5.74, 6) is -0.253. The van der Waals surface area contributed by atoms with Crippen molar-refractivity contribution in [2.24, 2.45) is 0 Å². The first-order chi connectivity index (χ1) is 6.15. The van der Waals surface area contributed by atoms with E-state index in [4.69, 9.17) is 0 Å². The maximum atomic E-state index is 12.1. The minimum atomic E-state index is -0.553. The lowest BCUT2D eigenvalue weighted by atomic mass is 10.2. The number of carbonyl (C=O) groups excluding carboxylic acids is 1. The summed E-state index contributed by atoms with van der Waals surface area (Å²) >= 11 is 1.22. The highest BCUT2D eigenvalue weighted by Crippen LogP contribution is 2.08. The molecule has 1 rings (SSSR count). The minimum Gasteiger partial charge on any atom is -0.347 e. The fourth-order valence-corrected chi connectivity index (χ4v) is 1.54. The highest BCUT2D eigenvalue weighted by molar-refractivity contribution is 7.03. The molecule has 5 heteroatoms. The van der Waals surface area contributed by atoms with Gasteiger partial charge >= 0.3 is 0 Å². The Balaban J connectivity index is 2.64. The third-order valence-corrected chi connectivity index (χ3v) is 2.32. The molecule has 0 aliphatic rings. The lowest BCUT2D eigenvalue weighted by Crippen LogP contribution is -2.34. The highest BCUT2D eigenvalue weighted by Gasteiger charge is 2.13. The molecule has 0 aliphatic carbocycles. The van der Waals surface area contributed by atoms with E-state index in [9.17, 15) is 9.18 Å². The molecule has 0 saturated carbocycles. The maximum absolute atomic E-state index is 12.1. The monoisotopic (exact) mass is 202 g/mol. The topological polar surface area (TPSA) is 42.0 Å². The second-order valence-electron chi connectivity index (χ2n) is 2.84. The summed E-state index contributed by atoms with van der Waals surface area (Å²) in [5.41, 5.74) is 1.22. The normalized spacial score (nSPS) is 12.5. The Kier molecular flexibility index (Phi) is 3.36. The molecule has 1 aromatic rings. The second kappa shape index (κ2) is 4.32. The molecular weight excluding hydrogens is 191 g/mol. The average molecular weight is 202 g/mol. The van der Waals surface area contributed by atoms with Crippen molar-refractivity contribution in [1.29, 1.82) is 0 Å². The van der Waals surface area contributed by atoms with E-state index in [2.05, 4.69) is 9.69 Å². The molecule has 0 saturated heterocycles. The van der Waals surface area contributed by atoms with Gasteiger partial charge in [-0.05, 0) is 25.4 Å². The number of amides is 1.